The molecule has 1 aromatic carbocycles. The zero-order valence-electron chi connectivity index (χ0n) is 11.0. The Morgan fingerprint density at radius 3 is 2.65 bits per heavy atom. The summed E-state index contributed by atoms with van der Waals surface area (Å²) in [5, 5.41) is 3.96. The Hall–Kier alpha value is -1.51. The number of nitrogens with two attached hydrogens (primary N) is 1. The minimum absolute atomic E-state index is 0.125. The number of thioether (sulfide) groups is 1. The highest BCUT2D eigenvalue weighted by atomic mass is 32.2. The Morgan fingerprint density at radius 1 is 1.35 bits per heavy atom. The third-order valence-corrected chi connectivity index (χ3v) is 4.70. The first-order valence-corrected chi connectivity index (χ1v) is 8.65. The van der Waals surface area contributed by atoms with Crippen LogP contribution in [0.1, 0.15) is 0 Å². The maximum absolute atomic E-state index is 12.2. The van der Waals surface area contributed by atoms with Gasteiger partial charge in [-0.25, -0.2) is 8.42 Å². The lowest BCUT2D eigenvalue weighted by Gasteiger charge is -2.06. The molecule has 3 N–H and O–H groups in total. The van der Waals surface area contributed by atoms with E-state index in [0.29, 0.717) is 18.8 Å². The molecule has 0 spiro atoms. The van der Waals surface area contributed by atoms with Crippen molar-refractivity contribution >= 4 is 27.5 Å². The maximum Gasteiger partial charge on any atom is 0.265 e. The second kappa shape index (κ2) is 6.29. The minimum Gasteiger partial charge on any atom is -0.329 e. The number of hydrogen-bond acceptors (Lipinski definition) is 5. The van der Waals surface area contributed by atoms with Crippen LogP contribution in [-0.2, 0) is 16.6 Å². The van der Waals surface area contributed by atoms with Crippen molar-refractivity contribution in [1.29, 1.82) is 0 Å². The molecule has 0 amide bonds. The Kier molecular flexibility index (Phi) is 4.69. The van der Waals surface area contributed by atoms with Crippen molar-refractivity contribution in [3.05, 3.63) is 36.7 Å². The van der Waals surface area contributed by atoms with Crippen molar-refractivity contribution in [2.45, 2.75) is 16.3 Å². The van der Waals surface area contributed by atoms with Crippen LogP contribution in [0.5, 0.6) is 0 Å². The molecule has 0 saturated heterocycles. The second-order valence-electron chi connectivity index (χ2n) is 4.06. The highest BCUT2D eigenvalue weighted by Gasteiger charge is 2.16. The lowest BCUT2D eigenvalue weighted by molar-refractivity contribution is 0.599. The predicted octanol–water partition coefficient (Wildman–Crippen LogP) is 1.36. The monoisotopic (exact) mass is 312 g/mol. The molecule has 8 heteroatoms. The van der Waals surface area contributed by atoms with Crippen LogP contribution in [0, 0.1) is 0 Å². The molecule has 1 aromatic heterocycles. The first kappa shape index (κ1) is 14.9. The van der Waals surface area contributed by atoms with Crippen LogP contribution in [0.3, 0.4) is 0 Å². The van der Waals surface area contributed by atoms with E-state index in [1.165, 1.54) is 17.1 Å². The van der Waals surface area contributed by atoms with Gasteiger partial charge in [-0.2, -0.15) is 5.10 Å². The lowest BCUT2D eigenvalue weighted by Crippen LogP contribution is -2.13. The molecule has 1 heterocycles. The third-order valence-electron chi connectivity index (χ3n) is 2.62. The average Bonchev–Trinajstić information content (AvgIpc) is 2.89. The lowest BCUT2D eigenvalue weighted by atomic mass is 10.3. The first-order chi connectivity index (χ1) is 9.55. The molecule has 0 aliphatic carbocycles. The number of aromatic nitrogens is 2. The van der Waals surface area contributed by atoms with Crippen molar-refractivity contribution in [2.24, 2.45) is 5.73 Å². The van der Waals surface area contributed by atoms with Crippen LogP contribution >= 0.6 is 11.8 Å². The molecule has 0 fully saturated rings. The Labute approximate surface area is 122 Å². The molecule has 20 heavy (non-hydrogen) atoms. The number of benzene rings is 1. The van der Waals surface area contributed by atoms with Crippen LogP contribution in [0.15, 0.2) is 46.5 Å². The van der Waals surface area contributed by atoms with E-state index in [1.807, 2.05) is 18.4 Å². The van der Waals surface area contributed by atoms with Crippen LogP contribution in [0.25, 0.3) is 0 Å². The van der Waals surface area contributed by atoms with Gasteiger partial charge in [0, 0.05) is 23.3 Å². The standard InChI is InChI=1S/C12H16N4O2S2/c1-19-11-4-2-10(3-5-11)15-20(17,18)12-8-14-16(9-12)7-6-13/h2-5,8-9,15H,6-7,13H2,1H3. The van der Waals surface area contributed by atoms with Gasteiger partial charge in [0.2, 0.25) is 0 Å². The summed E-state index contributed by atoms with van der Waals surface area (Å²) in [6, 6.07) is 7.18. The van der Waals surface area contributed by atoms with Crippen molar-refractivity contribution in [3.63, 3.8) is 0 Å². The van der Waals surface area contributed by atoms with Crippen molar-refractivity contribution in [2.75, 3.05) is 17.5 Å². The van der Waals surface area contributed by atoms with Crippen LogP contribution in [-0.4, -0.2) is 31.0 Å². The number of rotatable bonds is 6. The predicted molar refractivity (Wildman–Crippen MR) is 80.3 cm³/mol. The number of nitrogens with one attached hydrogen (secondary N) is 1. The van der Waals surface area contributed by atoms with Crippen molar-refractivity contribution in [1.82, 2.24) is 9.78 Å². The summed E-state index contributed by atoms with van der Waals surface area (Å²) in [5.74, 6) is 0. The van der Waals surface area contributed by atoms with E-state index in [0.717, 1.165) is 4.90 Å². The summed E-state index contributed by atoms with van der Waals surface area (Å²) in [7, 11) is -3.61. The third kappa shape index (κ3) is 3.53. The summed E-state index contributed by atoms with van der Waals surface area (Å²) < 4.78 is 28.4. The fourth-order valence-electron chi connectivity index (χ4n) is 1.61. The summed E-state index contributed by atoms with van der Waals surface area (Å²) >= 11 is 1.60. The van der Waals surface area contributed by atoms with E-state index in [4.69, 9.17) is 5.73 Å². The summed E-state index contributed by atoms with van der Waals surface area (Å²) in [5.41, 5.74) is 5.92. The SMILES string of the molecule is CSc1ccc(NS(=O)(=O)c2cnn(CCN)c2)cc1. The van der Waals surface area contributed by atoms with E-state index in [-0.39, 0.29) is 4.90 Å². The zero-order valence-corrected chi connectivity index (χ0v) is 12.6. The van der Waals surface area contributed by atoms with Gasteiger partial charge in [0.1, 0.15) is 4.90 Å². The molecule has 0 radical (unpaired) electrons. The Morgan fingerprint density at radius 2 is 2.05 bits per heavy atom. The number of hydrogen-bond donors (Lipinski definition) is 2. The second-order valence-corrected chi connectivity index (χ2v) is 6.62. The minimum atomic E-state index is -3.61. The number of sulfonamides is 1. The maximum atomic E-state index is 12.2. The van der Waals surface area contributed by atoms with Gasteiger partial charge in [0.05, 0.1) is 12.7 Å². The summed E-state index contributed by atoms with van der Waals surface area (Å²) in [6.45, 7) is 0.892. The molecule has 0 aliphatic heterocycles. The van der Waals surface area contributed by atoms with E-state index in [9.17, 15) is 8.42 Å². The fraction of sp³-hybridized carbons (Fsp3) is 0.250. The van der Waals surface area contributed by atoms with E-state index in [1.54, 1.807) is 23.9 Å². The topological polar surface area (TPSA) is 90.0 Å². The largest absolute Gasteiger partial charge is 0.329 e. The van der Waals surface area contributed by atoms with Gasteiger partial charge in [-0.3, -0.25) is 9.40 Å². The number of anilines is 1. The number of nitrogens with zero attached hydrogens (tertiary/aromatic N) is 2. The van der Waals surface area contributed by atoms with Gasteiger partial charge < -0.3 is 5.73 Å². The smallest absolute Gasteiger partial charge is 0.265 e. The van der Waals surface area contributed by atoms with Gasteiger partial charge in [-0.1, -0.05) is 0 Å². The molecule has 0 aliphatic rings. The molecule has 0 saturated carbocycles. The van der Waals surface area contributed by atoms with Crippen molar-refractivity contribution < 1.29 is 8.42 Å². The molecule has 0 unspecified atom stereocenters. The Bertz CT molecular complexity index is 665. The Balaban J connectivity index is 2.16. The molecule has 6 nitrogen and oxygen atoms in total. The molecular formula is C12H16N4O2S2. The average molecular weight is 312 g/mol. The molecule has 0 bridgehead atoms. The van der Waals surface area contributed by atoms with E-state index < -0.39 is 10.0 Å². The molecular weight excluding hydrogens is 296 g/mol. The van der Waals surface area contributed by atoms with Crippen LogP contribution in [0.4, 0.5) is 5.69 Å². The van der Waals surface area contributed by atoms with Crippen LogP contribution < -0.4 is 10.5 Å². The van der Waals surface area contributed by atoms with Gasteiger partial charge >= 0.3 is 0 Å². The van der Waals surface area contributed by atoms with Crippen molar-refractivity contribution in [3.8, 4) is 0 Å². The first-order valence-electron chi connectivity index (χ1n) is 5.94. The summed E-state index contributed by atoms with van der Waals surface area (Å²) in [4.78, 5) is 1.20. The molecule has 0 atom stereocenters. The zero-order chi connectivity index (χ0) is 14.6. The van der Waals surface area contributed by atoms with Gasteiger partial charge in [-0.05, 0) is 30.5 Å². The van der Waals surface area contributed by atoms with Gasteiger partial charge in [0.15, 0.2) is 0 Å². The highest BCUT2D eigenvalue weighted by molar-refractivity contribution is 7.98. The van der Waals surface area contributed by atoms with Crippen LogP contribution in [0.2, 0.25) is 0 Å². The molecule has 2 rings (SSSR count). The van der Waals surface area contributed by atoms with E-state index >= 15 is 0 Å². The quantitative estimate of drug-likeness (QED) is 0.786. The van der Waals surface area contributed by atoms with E-state index in [2.05, 4.69) is 9.82 Å². The fourth-order valence-corrected chi connectivity index (χ4v) is 3.03. The highest BCUT2D eigenvalue weighted by Crippen LogP contribution is 2.20. The van der Waals surface area contributed by atoms with Gasteiger partial charge in [-0.15, -0.1) is 11.8 Å². The summed E-state index contributed by atoms with van der Waals surface area (Å²) in [6.07, 6.45) is 4.74. The molecule has 2 aromatic rings. The molecule has 108 valence electrons. The van der Waals surface area contributed by atoms with Gasteiger partial charge in [0.25, 0.3) is 10.0 Å². The normalized spacial score (nSPS) is 11.5.